The van der Waals surface area contributed by atoms with Crippen molar-refractivity contribution in [3.8, 4) is 0 Å². The Labute approximate surface area is 106 Å². The molecule has 3 nitrogen and oxygen atoms in total. The highest BCUT2D eigenvalue weighted by Gasteiger charge is 2.14. The first-order valence-corrected chi connectivity index (χ1v) is 5.75. The van der Waals surface area contributed by atoms with E-state index >= 15 is 0 Å². The summed E-state index contributed by atoms with van der Waals surface area (Å²) < 4.78 is 27.4. The number of halogens is 2. The van der Waals surface area contributed by atoms with Crippen molar-refractivity contribution in [1.82, 2.24) is 4.90 Å². The molecule has 0 N–H and O–H groups in total. The van der Waals surface area contributed by atoms with E-state index in [2.05, 4.69) is 0 Å². The van der Waals surface area contributed by atoms with Crippen molar-refractivity contribution < 1.29 is 13.6 Å². The molecule has 0 spiro atoms. The first-order chi connectivity index (χ1) is 8.45. The molecule has 0 aromatic heterocycles. The molecular weight excluding hydrogens is 238 g/mol. The number of carbonyl (C=O) groups is 1. The Balaban J connectivity index is 2.79. The van der Waals surface area contributed by atoms with E-state index in [4.69, 9.17) is 0 Å². The summed E-state index contributed by atoms with van der Waals surface area (Å²) in [4.78, 5) is 14.0. The Kier molecular flexibility index (Phi) is 5.22. The zero-order chi connectivity index (χ0) is 13.7. The molecule has 18 heavy (non-hydrogen) atoms. The average Bonchev–Trinajstić information content (AvgIpc) is 2.27. The van der Waals surface area contributed by atoms with E-state index in [0.29, 0.717) is 12.8 Å². The Morgan fingerprint density at radius 2 is 1.67 bits per heavy atom. The van der Waals surface area contributed by atoms with Crippen molar-refractivity contribution in [3.63, 3.8) is 0 Å². The molecule has 0 saturated carbocycles. The van der Waals surface area contributed by atoms with Gasteiger partial charge in [0.1, 0.15) is 23.6 Å². The highest BCUT2D eigenvalue weighted by molar-refractivity contribution is 5.76. The van der Waals surface area contributed by atoms with Crippen molar-refractivity contribution in [1.29, 1.82) is 0 Å². The fourth-order valence-electron chi connectivity index (χ4n) is 1.75. The molecule has 0 atom stereocenters. The van der Waals surface area contributed by atoms with Crippen molar-refractivity contribution in [3.05, 3.63) is 29.3 Å². The molecule has 0 unspecified atom stereocenters. The number of hydrogen-bond donors (Lipinski definition) is 0. The van der Waals surface area contributed by atoms with Gasteiger partial charge in [-0.1, -0.05) is 0 Å². The average molecular weight is 256 g/mol. The maximum Gasteiger partial charge on any atom is 0.150 e. The lowest BCUT2D eigenvalue weighted by molar-refractivity contribution is 0.112. The van der Waals surface area contributed by atoms with Gasteiger partial charge >= 0.3 is 0 Å². The molecule has 0 aliphatic rings. The van der Waals surface area contributed by atoms with Gasteiger partial charge < -0.3 is 9.80 Å². The van der Waals surface area contributed by atoms with Gasteiger partial charge in [0.15, 0.2) is 0 Å². The highest BCUT2D eigenvalue weighted by atomic mass is 19.1. The standard InChI is InChI=1S/C13H18F2N2O/c1-16(2)5-4-6-17(3)13-11(14)7-10(9-18)8-12(13)15/h7-9H,4-6H2,1-3H3. The monoisotopic (exact) mass is 256 g/mol. The lowest BCUT2D eigenvalue weighted by Gasteiger charge is -2.21. The minimum atomic E-state index is -0.704. The predicted octanol–water partition coefficient (Wildman–Crippen LogP) is 2.17. The molecule has 0 saturated heterocycles. The van der Waals surface area contributed by atoms with Crippen molar-refractivity contribution in [2.24, 2.45) is 0 Å². The summed E-state index contributed by atoms with van der Waals surface area (Å²) in [5.41, 5.74) is -0.0743. The van der Waals surface area contributed by atoms with E-state index in [1.165, 1.54) is 4.90 Å². The van der Waals surface area contributed by atoms with Gasteiger partial charge in [0.05, 0.1) is 0 Å². The molecule has 0 heterocycles. The Bertz CT molecular complexity index is 398. The summed E-state index contributed by atoms with van der Waals surface area (Å²) in [5, 5.41) is 0. The van der Waals surface area contributed by atoms with E-state index in [1.54, 1.807) is 7.05 Å². The third-order valence-electron chi connectivity index (χ3n) is 2.66. The summed E-state index contributed by atoms with van der Waals surface area (Å²) in [5.74, 6) is -1.41. The lowest BCUT2D eigenvalue weighted by atomic mass is 10.2. The van der Waals surface area contributed by atoms with Crippen LogP contribution < -0.4 is 4.90 Å². The summed E-state index contributed by atoms with van der Waals surface area (Å²) in [6, 6.07) is 2.10. The number of anilines is 1. The van der Waals surface area contributed by atoms with E-state index in [-0.39, 0.29) is 11.3 Å². The predicted molar refractivity (Wildman–Crippen MR) is 68.2 cm³/mol. The number of benzene rings is 1. The molecule has 1 rings (SSSR count). The van der Waals surface area contributed by atoms with Crippen LogP contribution in [-0.2, 0) is 0 Å². The fraction of sp³-hybridized carbons (Fsp3) is 0.462. The van der Waals surface area contributed by atoms with Crippen LogP contribution in [0.4, 0.5) is 14.5 Å². The van der Waals surface area contributed by atoms with Crippen molar-refractivity contribution >= 4 is 12.0 Å². The quantitative estimate of drug-likeness (QED) is 0.729. The van der Waals surface area contributed by atoms with Crippen LogP contribution in [0.25, 0.3) is 0 Å². The second kappa shape index (κ2) is 6.44. The van der Waals surface area contributed by atoms with Gasteiger partial charge in [-0.3, -0.25) is 4.79 Å². The van der Waals surface area contributed by atoms with Crippen LogP contribution in [-0.4, -0.2) is 45.4 Å². The van der Waals surface area contributed by atoms with Crippen LogP contribution in [0.3, 0.4) is 0 Å². The number of nitrogens with zero attached hydrogens (tertiary/aromatic N) is 2. The van der Waals surface area contributed by atoms with Gasteiger partial charge in [0.2, 0.25) is 0 Å². The molecule has 1 aromatic rings. The second-order valence-corrected chi connectivity index (χ2v) is 4.53. The summed E-state index contributed by atoms with van der Waals surface area (Å²) in [6.07, 6.45) is 1.24. The van der Waals surface area contributed by atoms with Crippen LogP contribution in [0.5, 0.6) is 0 Å². The maximum absolute atomic E-state index is 13.7. The molecule has 0 fully saturated rings. The van der Waals surface area contributed by atoms with Crippen LogP contribution in [0.15, 0.2) is 12.1 Å². The van der Waals surface area contributed by atoms with Gasteiger partial charge in [-0.15, -0.1) is 0 Å². The van der Waals surface area contributed by atoms with Crippen LogP contribution in [0.2, 0.25) is 0 Å². The molecule has 0 radical (unpaired) electrons. The van der Waals surface area contributed by atoms with E-state index in [9.17, 15) is 13.6 Å². The highest BCUT2D eigenvalue weighted by Crippen LogP contribution is 2.23. The topological polar surface area (TPSA) is 23.6 Å². The first-order valence-electron chi connectivity index (χ1n) is 5.75. The van der Waals surface area contributed by atoms with Gasteiger partial charge in [-0.2, -0.15) is 0 Å². The molecule has 0 amide bonds. The van der Waals surface area contributed by atoms with Crippen molar-refractivity contribution in [2.75, 3.05) is 39.1 Å². The molecule has 100 valence electrons. The van der Waals surface area contributed by atoms with Crippen molar-refractivity contribution in [2.45, 2.75) is 6.42 Å². The van der Waals surface area contributed by atoms with Gasteiger partial charge in [-0.05, 0) is 39.2 Å². The van der Waals surface area contributed by atoms with Crippen LogP contribution in [0.1, 0.15) is 16.8 Å². The number of carbonyl (C=O) groups excluding carboxylic acids is 1. The number of aldehydes is 1. The smallest absolute Gasteiger partial charge is 0.150 e. The SMILES string of the molecule is CN(C)CCCN(C)c1c(F)cc(C=O)cc1F. The first kappa shape index (κ1) is 14.6. The molecule has 1 aromatic carbocycles. The molecular formula is C13H18F2N2O. The van der Waals surface area contributed by atoms with E-state index < -0.39 is 11.6 Å². The Morgan fingerprint density at radius 3 is 2.11 bits per heavy atom. The van der Waals surface area contributed by atoms with E-state index in [0.717, 1.165) is 25.1 Å². The Hall–Kier alpha value is -1.49. The molecule has 0 aliphatic heterocycles. The summed E-state index contributed by atoms with van der Waals surface area (Å²) in [6.45, 7) is 1.40. The lowest BCUT2D eigenvalue weighted by Crippen LogP contribution is -2.25. The van der Waals surface area contributed by atoms with E-state index in [1.807, 2.05) is 19.0 Å². The van der Waals surface area contributed by atoms with Gasteiger partial charge in [0, 0.05) is 19.2 Å². The minimum Gasteiger partial charge on any atom is -0.370 e. The number of rotatable bonds is 6. The fourth-order valence-corrected chi connectivity index (χ4v) is 1.75. The zero-order valence-corrected chi connectivity index (χ0v) is 10.9. The van der Waals surface area contributed by atoms with Gasteiger partial charge in [-0.25, -0.2) is 8.78 Å². The minimum absolute atomic E-state index is 0.00967. The summed E-state index contributed by atoms with van der Waals surface area (Å²) >= 11 is 0. The Morgan fingerprint density at radius 1 is 1.11 bits per heavy atom. The molecule has 0 bridgehead atoms. The second-order valence-electron chi connectivity index (χ2n) is 4.53. The zero-order valence-electron chi connectivity index (χ0n) is 10.9. The molecule has 5 heteroatoms. The third kappa shape index (κ3) is 3.77. The normalized spacial score (nSPS) is 10.8. The largest absolute Gasteiger partial charge is 0.370 e. The maximum atomic E-state index is 13.7. The molecule has 0 aliphatic carbocycles. The summed E-state index contributed by atoms with van der Waals surface area (Å²) in [7, 11) is 5.53. The third-order valence-corrected chi connectivity index (χ3v) is 2.66. The number of hydrogen-bond acceptors (Lipinski definition) is 3. The van der Waals surface area contributed by atoms with Crippen LogP contribution >= 0.6 is 0 Å². The van der Waals surface area contributed by atoms with Crippen LogP contribution in [0, 0.1) is 11.6 Å². The van der Waals surface area contributed by atoms with Gasteiger partial charge in [0.25, 0.3) is 0 Å².